The molecule has 1 rings (SSSR count). The van der Waals surface area contributed by atoms with E-state index in [1.807, 2.05) is 13.8 Å². The van der Waals surface area contributed by atoms with Crippen LogP contribution in [0.4, 0.5) is 0 Å². The van der Waals surface area contributed by atoms with E-state index in [0.717, 1.165) is 18.8 Å². The van der Waals surface area contributed by atoms with E-state index >= 15 is 0 Å². The van der Waals surface area contributed by atoms with Crippen molar-refractivity contribution in [2.45, 2.75) is 52.6 Å². The molecule has 0 saturated heterocycles. The van der Waals surface area contributed by atoms with E-state index < -0.39 is 0 Å². The third kappa shape index (κ3) is 3.89. The zero-order valence-corrected chi connectivity index (χ0v) is 7.43. The molecule has 1 aliphatic rings. The van der Waals surface area contributed by atoms with Crippen molar-refractivity contribution in [3.63, 3.8) is 0 Å². The molecule has 10 heavy (non-hydrogen) atoms. The number of rotatable bonds is 0. The van der Waals surface area contributed by atoms with Crippen LogP contribution in [-0.2, 0) is 0 Å². The van der Waals surface area contributed by atoms with E-state index in [0.29, 0.717) is 0 Å². The fourth-order valence-electron chi connectivity index (χ4n) is 1.40. The molecule has 1 fully saturated rings. The summed E-state index contributed by atoms with van der Waals surface area (Å²) in [6.07, 6.45) is 4.61. The van der Waals surface area contributed by atoms with Gasteiger partial charge in [-0.25, -0.2) is 0 Å². The van der Waals surface area contributed by atoms with Gasteiger partial charge in [-0.05, 0) is 18.8 Å². The van der Waals surface area contributed by atoms with Gasteiger partial charge in [-0.15, -0.1) is 0 Å². The molecule has 0 bridgehead atoms. The minimum absolute atomic E-state index is 0.0127. The van der Waals surface area contributed by atoms with E-state index in [9.17, 15) is 0 Å². The predicted molar refractivity (Wildman–Crippen MR) is 45.0 cm³/mol. The molecular weight excluding hydrogens is 124 g/mol. The molecule has 1 saturated carbocycles. The zero-order chi connectivity index (χ0) is 7.98. The van der Waals surface area contributed by atoms with Crippen LogP contribution in [0.3, 0.4) is 0 Å². The highest BCUT2D eigenvalue weighted by Gasteiger charge is 2.15. The van der Waals surface area contributed by atoms with Crippen LogP contribution in [0.2, 0.25) is 0 Å². The first kappa shape index (κ1) is 9.96. The Hall–Kier alpha value is -0.0400. The second kappa shape index (κ2) is 5.72. The van der Waals surface area contributed by atoms with Gasteiger partial charge in [0, 0.05) is 0 Å². The third-order valence-electron chi connectivity index (χ3n) is 1.91. The summed E-state index contributed by atoms with van der Waals surface area (Å²) in [5.74, 6) is 0.763. The smallest absolute Gasteiger partial charge is 0.0542 e. The Morgan fingerprint density at radius 1 is 1.20 bits per heavy atom. The summed E-state index contributed by atoms with van der Waals surface area (Å²) in [5.41, 5.74) is 0. The average Bonchev–Trinajstić information content (AvgIpc) is 1.91. The molecule has 1 aliphatic carbocycles. The maximum absolute atomic E-state index is 9.08. The van der Waals surface area contributed by atoms with Crippen molar-refractivity contribution in [1.82, 2.24) is 0 Å². The second-order valence-electron chi connectivity index (χ2n) is 2.93. The molecule has 2 atom stereocenters. The third-order valence-corrected chi connectivity index (χ3v) is 1.91. The summed E-state index contributed by atoms with van der Waals surface area (Å²) in [5, 5.41) is 9.08. The highest BCUT2D eigenvalue weighted by molar-refractivity contribution is 4.67. The fourth-order valence-corrected chi connectivity index (χ4v) is 1.40. The quantitative estimate of drug-likeness (QED) is 0.554. The molecule has 1 N–H and O–H groups in total. The van der Waals surface area contributed by atoms with Crippen LogP contribution in [0, 0.1) is 5.92 Å². The summed E-state index contributed by atoms with van der Waals surface area (Å²) in [4.78, 5) is 0. The first-order valence-corrected chi connectivity index (χ1v) is 4.47. The lowest BCUT2D eigenvalue weighted by atomic mass is 9.89. The van der Waals surface area contributed by atoms with Crippen molar-refractivity contribution in [1.29, 1.82) is 0 Å². The van der Waals surface area contributed by atoms with Crippen LogP contribution >= 0.6 is 0 Å². The highest BCUT2D eigenvalue weighted by Crippen LogP contribution is 2.22. The summed E-state index contributed by atoms with van der Waals surface area (Å²) >= 11 is 0. The molecule has 0 unspecified atom stereocenters. The summed E-state index contributed by atoms with van der Waals surface area (Å²) in [7, 11) is 0. The minimum atomic E-state index is 0.0127. The molecule has 0 aromatic carbocycles. The average molecular weight is 144 g/mol. The zero-order valence-electron chi connectivity index (χ0n) is 7.43. The summed E-state index contributed by atoms with van der Waals surface area (Å²) < 4.78 is 0. The van der Waals surface area contributed by atoms with E-state index in [1.54, 1.807) is 0 Å². The molecule has 62 valence electrons. The molecule has 0 aliphatic heterocycles. The van der Waals surface area contributed by atoms with Gasteiger partial charge >= 0.3 is 0 Å². The van der Waals surface area contributed by atoms with E-state index in [2.05, 4.69) is 6.92 Å². The molecule has 1 nitrogen and oxygen atoms in total. The molecule has 0 aromatic heterocycles. The van der Waals surface area contributed by atoms with Gasteiger partial charge in [0.15, 0.2) is 0 Å². The van der Waals surface area contributed by atoms with Gasteiger partial charge in [-0.2, -0.15) is 0 Å². The number of aliphatic hydroxyl groups excluding tert-OH is 1. The van der Waals surface area contributed by atoms with Gasteiger partial charge in [-0.3, -0.25) is 0 Å². The Kier molecular flexibility index (Phi) is 5.70. The van der Waals surface area contributed by atoms with E-state index in [1.165, 1.54) is 12.8 Å². The molecule has 0 heterocycles. The van der Waals surface area contributed by atoms with Gasteiger partial charge in [0.25, 0.3) is 0 Å². The van der Waals surface area contributed by atoms with Crippen molar-refractivity contribution in [2.24, 2.45) is 5.92 Å². The first-order chi connectivity index (χ1) is 4.79. The van der Waals surface area contributed by atoms with Crippen LogP contribution in [0.15, 0.2) is 0 Å². The van der Waals surface area contributed by atoms with Crippen LogP contribution in [-0.4, -0.2) is 11.2 Å². The highest BCUT2D eigenvalue weighted by atomic mass is 16.3. The molecular formula is C9H20O. The minimum Gasteiger partial charge on any atom is -0.393 e. The Bertz CT molecular complexity index is 63.1. The van der Waals surface area contributed by atoms with Crippen LogP contribution < -0.4 is 0 Å². The standard InChI is InChI=1S/C7H14O.C2H6/c1-6-3-2-4-7(8)5-6;1-2/h6-8H,2-5H2,1H3;1-2H3/t6-,7+;/m1./s1. The van der Waals surface area contributed by atoms with Gasteiger partial charge in [-0.1, -0.05) is 33.6 Å². The largest absolute Gasteiger partial charge is 0.393 e. The van der Waals surface area contributed by atoms with E-state index in [4.69, 9.17) is 5.11 Å². The molecule has 0 amide bonds. The lowest BCUT2D eigenvalue weighted by Gasteiger charge is -2.21. The number of aliphatic hydroxyl groups is 1. The molecule has 0 aromatic rings. The van der Waals surface area contributed by atoms with Gasteiger partial charge < -0.3 is 5.11 Å². The maximum atomic E-state index is 9.08. The number of hydrogen-bond acceptors (Lipinski definition) is 1. The predicted octanol–water partition coefficient (Wildman–Crippen LogP) is 2.58. The SMILES string of the molecule is CC.C[C@@H]1CCC[C@H](O)C1. The van der Waals surface area contributed by atoms with Crippen LogP contribution in [0.25, 0.3) is 0 Å². The Balaban J connectivity index is 0.000000371. The van der Waals surface area contributed by atoms with Crippen molar-refractivity contribution >= 4 is 0 Å². The van der Waals surface area contributed by atoms with Crippen molar-refractivity contribution in [2.75, 3.05) is 0 Å². The summed E-state index contributed by atoms with van der Waals surface area (Å²) in [6.45, 7) is 6.21. The normalized spacial score (nSPS) is 32.4. The van der Waals surface area contributed by atoms with Gasteiger partial charge in [0.2, 0.25) is 0 Å². The van der Waals surface area contributed by atoms with Crippen molar-refractivity contribution in [3.8, 4) is 0 Å². The molecule has 1 heteroatoms. The van der Waals surface area contributed by atoms with Crippen LogP contribution in [0.5, 0.6) is 0 Å². The monoisotopic (exact) mass is 144 g/mol. The Morgan fingerprint density at radius 2 is 1.80 bits per heavy atom. The van der Waals surface area contributed by atoms with Crippen molar-refractivity contribution in [3.05, 3.63) is 0 Å². The van der Waals surface area contributed by atoms with Crippen LogP contribution in [0.1, 0.15) is 46.5 Å². The number of hydrogen-bond donors (Lipinski definition) is 1. The van der Waals surface area contributed by atoms with Gasteiger partial charge in [0.1, 0.15) is 0 Å². The Morgan fingerprint density at radius 3 is 2.10 bits per heavy atom. The van der Waals surface area contributed by atoms with Gasteiger partial charge in [0.05, 0.1) is 6.10 Å². The summed E-state index contributed by atoms with van der Waals surface area (Å²) in [6, 6.07) is 0. The topological polar surface area (TPSA) is 20.2 Å². The lowest BCUT2D eigenvalue weighted by Crippen LogP contribution is -2.16. The molecule has 0 spiro atoms. The fraction of sp³-hybridized carbons (Fsp3) is 1.00. The van der Waals surface area contributed by atoms with Crippen molar-refractivity contribution < 1.29 is 5.11 Å². The molecule has 0 radical (unpaired) electrons. The second-order valence-corrected chi connectivity index (χ2v) is 2.93. The maximum Gasteiger partial charge on any atom is 0.0542 e. The van der Waals surface area contributed by atoms with E-state index in [-0.39, 0.29) is 6.10 Å². The lowest BCUT2D eigenvalue weighted by molar-refractivity contribution is 0.106. The Labute approximate surface area is 64.5 Å². The first-order valence-electron chi connectivity index (χ1n) is 4.47.